The van der Waals surface area contributed by atoms with E-state index in [0.717, 1.165) is 11.3 Å². The van der Waals surface area contributed by atoms with Crippen molar-refractivity contribution in [1.82, 2.24) is 4.90 Å². The lowest BCUT2D eigenvalue weighted by Crippen LogP contribution is -2.69. The smallest absolute Gasteiger partial charge is 0.332 e. The number of nitrogens with zero attached hydrogens (tertiary/aromatic N) is 2. The monoisotopic (exact) mass is 342 g/mol. The van der Waals surface area contributed by atoms with Gasteiger partial charge < -0.3 is 9.64 Å². The van der Waals surface area contributed by atoms with Crippen LogP contribution in [0.5, 0.6) is 0 Å². The zero-order valence-corrected chi connectivity index (χ0v) is 14.4. The fraction of sp³-hybridized carbons (Fsp3) is 0.333. The second kappa shape index (κ2) is 6.28. The van der Waals surface area contributed by atoms with E-state index in [1.807, 2.05) is 30.3 Å². The van der Waals surface area contributed by atoms with Gasteiger partial charge in [0.2, 0.25) is 0 Å². The van der Waals surface area contributed by atoms with Gasteiger partial charge in [-0.3, -0.25) is 9.79 Å². The molecule has 1 fully saturated rings. The maximum absolute atomic E-state index is 12.5. The zero-order valence-electron chi connectivity index (χ0n) is 13.6. The summed E-state index contributed by atoms with van der Waals surface area (Å²) in [6.45, 7) is 5.51. The summed E-state index contributed by atoms with van der Waals surface area (Å²) in [6.07, 6.45) is 0.587. The van der Waals surface area contributed by atoms with Crippen LogP contribution in [-0.4, -0.2) is 52.6 Å². The van der Waals surface area contributed by atoms with Gasteiger partial charge in [-0.2, -0.15) is 0 Å². The molecule has 0 aromatic heterocycles. The van der Waals surface area contributed by atoms with Crippen molar-refractivity contribution >= 4 is 34.7 Å². The molecule has 1 aromatic rings. The number of rotatable bonds is 5. The molecule has 3 rings (SSSR count). The summed E-state index contributed by atoms with van der Waals surface area (Å²) in [5.41, 5.74) is 2.38. The second-order valence-corrected chi connectivity index (χ2v) is 6.45. The number of hydrogen-bond acceptors (Lipinski definition) is 5. The lowest BCUT2D eigenvalue weighted by Gasteiger charge is -2.45. The van der Waals surface area contributed by atoms with Crippen LogP contribution in [0.4, 0.5) is 0 Å². The first-order valence-corrected chi connectivity index (χ1v) is 8.06. The maximum Gasteiger partial charge on any atom is 0.332 e. The summed E-state index contributed by atoms with van der Waals surface area (Å²) in [4.78, 5) is 31.1. The van der Waals surface area contributed by atoms with E-state index in [4.69, 9.17) is 17.0 Å². The summed E-state index contributed by atoms with van der Waals surface area (Å²) in [7, 11) is 1.30. The third-order valence-electron chi connectivity index (χ3n) is 4.34. The Kier molecular flexibility index (Phi) is 4.32. The van der Waals surface area contributed by atoms with Gasteiger partial charge in [0.05, 0.1) is 17.7 Å². The normalized spacial score (nSPS) is 23.2. The summed E-state index contributed by atoms with van der Waals surface area (Å²) in [5, 5.41) is 0. The molecule has 5 nitrogen and oxygen atoms in total. The molecule has 0 spiro atoms. The number of β-lactam (4-membered cyclic amide) rings is 1. The summed E-state index contributed by atoms with van der Waals surface area (Å²) < 4.78 is 4.81. The van der Waals surface area contributed by atoms with Crippen molar-refractivity contribution in [1.29, 1.82) is 0 Å². The number of carbonyl (C=O) groups is 2. The highest BCUT2D eigenvalue weighted by Crippen LogP contribution is 2.35. The van der Waals surface area contributed by atoms with Gasteiger partial charge in [-0.05, 0) is 18.1 Å². The minimum absolute atomic E-state index is 0.205. The highest BCUT2D eigenvalue weighted by atomic mass is 32.1. The molecule has 3 unspecified atom stereocenters. The van der Waals surface area contributed by atoms with Crippen molar-refractivity contribution in [3.05, 3.63) is 48.0 Å². The van der Waals surface area contributed by atoms with Crippen LogP contribution in [0.3, 0.4) is 0 Å². The molecule has 2 heterocycles. The summed E-state index contributed by atoms with van der Waals surface area (Å²) >= 11 is 5.54. The van der Waals surface area contributed by atoms with Crippen molar-refractivity contribution < 1.29 is 14.3 Å². The third kappa shape index (κ3) is 2.57. The van der Waals surface area contributed by atoms with E-state index >= 15 is 0 Å². The Morgan fingerprint density at radius 3 is 2.67 bits per heavy atom. The molecule has 0 saturated carbocycles. The first-order chi connectivity index (χ1) is 11.5. The van der Waals surface area contributed by atoms with Crippen LogP contribution < -0.4 is 0 Å². The van der Waals surface area contributed by atoms with Gasteiger partial charge in [0.15, 0.2) is 12.1 Å². The molecule has 3 atom stereocenters. The van der Waals surface area contributed by atoms with Crippen LogP contribution in [0.1, 0.15) is 12.5 Å². The topological polar surface area (TPSA) is 59.0 Å². The van der Waals surface area contributed by atoms with E-state index in [0.29, 0.717) is 16.9 Å². The van der Waals surface area contributed by atoms with Crippen LogP contribution in [0.2, 0.25) is 0 Å². The number of fused-ring (bicyclic) bond motifs is 1. The van der Waals surface area contributed by atoms with Crippen LogP contribution in [0, 0.1) is 0 Å². The van der Waals surface area contributed by atoms with Crippen LogP contribution in [0.25, 0.3) is 0 Å². The molecule has 0 radical (unpaired) electrons. The molecule has 2 aliphatic rings. The van der Waals surface area contributed by atoms with Crippen molar-refractivity contribution in [2.45, 2.75) is 31.5 Å². The number of thiocarbonyl (C=S) groups is 1. The first-order valence-electron chi connectivity index (χ1n) is 7.66. The Bertz CT molecular complexity index is 757. The van der Waals surface area contributed by atoms with Crippen molar-refractivity contribution in [3.8, 4) is 0 Å². The van der Waals surface area contributed by atoms with E-state index in [-0.39, 0.29) is 11.9 Å². The fourth-order valence-corrected chi connectivity index (χ4v) is 3.53. The predicted molar refractivity (Wildman–Crippen MR) is 95.2 cm³/mol. The molecule has 1 amide bonds. The van der Waals surface area contributed by atoms with E-state index in [9.17, 15) is 9.59 Å². The van der Waals surface area contributed by atoms with E-state index < -0.39 is 18.1 Å². The summed E-state index contributed by atoms with van der Waals surface area (Å²) in [5.74, 6) is -0.711. The SMILES string of the molecule is C=C(C)C(C(=O)OC)N1C(=O)C2N=C(Cc3ccccc3)C(=S)C21. The molecule has 2 aliphatic heterocycles. The fourth-order valence-electron chi connectivity index (χ4n) is 3.17. The predicted octanol–water partition coefficient (Wildman–Crippen LogP) is 1.75. The van der Waals surface area contributed by atoms with Gasteiger partial charge in [-0.15, -0.1) is 0 Å². The van der Waals surface area contributed by atoms with Gasteiger partial charge in [0.25, 0.3) is 5.91 Å². The molecular formula is C18H18N2O3S. The summed E-state index contributed by atoms with van der Waals surface area (Å²) in [6, 6.07) is 8.17. The molecule has 0 bridgehead atoms. The average Bonchev–Trinajstić information content (AvgIpc) is 2.85. The van der Waals surface area contributed by atoms with Crippen molar-refractivity contribution in [2.24, 2.45) is 4.99 Å². The Labute approximate surface area is 146 Å². The number of aliphatic imine (C=N–C) groups is 1. The first kappa shape index (κ1) is 16.5. The largest absolute Gasteiger partial charge is 0.467 e. The molecule has 1 aromatic carbocycles. The number of carbonyl (C=O) groups excluding carboxylic acids is 2. The molecule has 1 saturated heterocycles. The maximum atomic E-state index is 12.5. The zero-order chi connectivity index (χ0) is 17.4. The number of esters is 1. The quantitative estimate of drug-likeness (QED) is 0.354. The van der Waals surface area contributed by atoms with Crippen LogP contribution in [-0.2, 0) is 20.7 Å². The molecule has 24 heavy (non-hydrogen) atoms. The average molecular weight is 342 g/mol. The number of likely N-dealkylation sites (tertiary alicyclic amines) is 1. The second-order valence-electron chi connectivity index (χ2n) is 6.01. The van der Waals surface area contributed by atoms with Gasteiger partial charge in [0, 0.05) is 6.42 Å². The number of ether oxygens (including phenoxy) is 1. The molecule has 124 valence electrons. The standard InChI is InChI=1S/C18H18N2O3S/c1-10(2)14(18(22)23-3)20-15-13(17(20)21)19-12(16(15)24)9-11-7-5-4-6-8-11/h4-8,13-15H,1,9H2,2-3H3. The third-order valence-corrected chi connectivity index (χ3v) is 4.82. The van der Waals surface area contributed by atoms with Gasteiger partial charge in [-0.1, -0.05) is 49.1 Å². The molecular weight excluding hydrogens is 324 g/mol. The Morgan fingerprint density at radius 1 is 1.42 bits per heavy atom. The minimum Gasteiger partial charge on any atom is -0.467 e. The van der Waals surface area contributed by atoms with E-state index in [1.54, 1.807) is 6.92 Å². The highest BCUT2D eigenvalue weighted by molar-refractivity contribution is 7.82. The van der Waals surface area contributed by atoms with Crippen molar-refractivity contribution in [2.75, 3.05) is 7.11 Å². The number of hydrogen-bond donors (Lipinski definition) is 0. The Morgan fingerprint density at radius 2 is 2.08 bits per heavy atom. The molecule has 0 N–H and O–H groups in total. The number of amides is 1. The van der Waals surface area contributed by atoms with Crippen molar-refractivity contribution in [3.63, 3.8) is 0 Å². The highest BCUT2D eigenvalue weighted by Gasteiger charge is 2.58. The van der Waals surface area contributed by atoms with Gasteiger partial charge in [0.1, 0.15) is 6.04 Å². The Balaban J connectivity index is 1.82. The number of benzene rings is 1. The van der Waals surface area contributed by atoms with Gasteiger partial charge in [-0.25, -0.2) is 4.79 Å². The number of methoxy groups -OCH3 is 1. The Hall–Kier alpha value is -2.34. The molecule has 0 aliphatic carbocycles. The lowest BCUT2D eigenvalue weighted by atomic mass is 9.89. The van der Waals surface area contributed by atoms with Crippen LogP contribution >= 0.6 is 12.2 Å². The minimum atomic E-state index is -0.812. The molecule has 6 heteroatoms. The van der Waals surface area contributed by atoms with E-state index in [1.165, 1.54) is 12.0 Å². The van der Waals surface area contributed by atoms with E-state index in [2.05, 4.69) is 11.6 Å². The lowest BCUT2D eigenvalue weighted by molar-refractivity contribution is -0.159. The van der Waals surface area contributed by atoms with Gasteiger partial charge >= 0.3 is 5.97 Å². The van der Waals surface area contributed by atoms with Crippen LogP contribution in [0.15, 0.2) is 47.5 Å².